The predicted octanol–water partition coefficient (Wildman–Crippen LogP) is 9.22. The summed E-state index contributed by atoms with van der Waals surface area (Å²) in [6, 6.07) is 0. The van der Waals surface area contributed by atoms with Crippen molar-refractivity contribution < 1.29 is 9.59 Å². The van der Waals surface area contributed by atoms with Gasteiger partial charge in [-0.1, -0.05) is 150 Å². The van der Waals surface area contributed by atoms with E-state index in [1.807, 2.05) is 4.90 Å². The molecule has 0 saturated carbocycles. The second-order valence-corrected chi connectivity index (χ2v) is 13.3. The SMILES string of the molecule is CCCCCCCCCN(CCCCCCCCC)CCN(CCCCCCCCC)CC(=O)N(CCCC)CCNC=O. The van der Waals surface area contributed by atoms with E-state index in [0.717, 1.165) is 45.4 Å². The summed E-state index contributed by atoms with van der Waals surface area (Å²) in [6.07, 6.45) is 30.9. The molecule has 0 aliphatic rings. The summed E-state index contributed by atoms with van der Waals surface area (Å²) in [5.74, 6) is 0.222. The third-order valence-corrected chi connectivity index (χ3v) is 9.07. The molecular formula is C38H78N4O2. The fourth-order valence-electron chi connectivity index (χ4n) is 6.03. The van der Waals surface area contributed by atoms with E-state index in [2.05, 4.69) is 42.8 Å². The van der Waals surface area contributed by atoms with Crippen molar-refractivity contribution in [2.75, 3.05) is 58.9 Å². The monoisotopic (exact) mass is 623 g/mol. The van der Waals surface area contributed by atoms with Crippen LogP contribution in [-0.2, 0) is 9.59 Å². The molecule has 1 N–H and O–H groups in total. The average Bonchev–Trinajstić information content (AvgIpc) is 3.03. The van der Waals surface area contributed by atoms with E-state index in [0.29, 0.717) is 19.6 Å². The van der Waals surface area contributed by atoms with Crippen LogP contribution in [-0.4, -0.2) is 85.9 Å². The van der Waals surface area contributed by atoms with E-state index in [1.165, 1.54) is 148 Å². The van der Waals surface area contributed by atoms with Crippen molar-refractivity contribution in [2.24, 2.45) is 0 Å². The Morgan fingerprint density at radius 2 is 0.841 bits per heavy atom. The van der Waals surface area contributed by atoms with Gasteiger partial charge < -0.3 is 15.1 Å². The van der Waals surface area contributed by atoms with Crippen molar-refractivity contribution in [1.29, 1.82) is 0 Å². The van der Waals surface area contributed by atoms with Crippen molar-refractivity contribution in [3.05, 3.63) is 0 Å². The van der Waals surface area contributed by atoms with Gasteiger partial charge in [0.1, 0.15) is 0 Å². The molecule has 262 valence electrons. The van der Waals surface area contributed by atoms with E-state index in [4.69, 9.17) is 0 Å². The molecular weight excluding hydrogens is 544 g/mol. The predicted molar refractivity (Wildman–Crippen MR) is 192 cm³/mol. The molecule has 0 bridgehead atoms. The van der Waals surface area contributed by atoms with Crippen molar-refractivity contribution in [1.82, 2.24) is 20.0 Å². The molecule has 0 heterocycles. The Kier molecular flexibility index (Phi) is 33.8. The highest BCUT2D eigenvalue weighted by Gasteiger charge is 2.18. The Balaban J connectivity index is 5.11. The van der Waals surface area contributed by atoms with Gasteiger partial charge >= 0.3 is 0 Å². The number of unbranched alkanes of at least 4 members (excludes halogenated alkanes) is 19. The summed E-state index contributed by atoms with van der Waals surface area (Å²) in [4.78, 5) is 31.4. The lowest BCUT2D eigenvalue weighted by Crippen LogP contribution is -2.45. The Labute approximate surface area is 275 Å². The van der Waals surface area contributed by atoms with Crippen LogP contribution in [0.5, 0.6) is 0 Å². The smallest absolute Gasteiger partial charge is 0.236 e. The van der Waals surface area contributed by atoms with Crippen LogP contribution in [0.1, 0.15) is 175 Å². The minimum absolute atomic E-state index is 0.222. The van der Waals surface area contributed by atoms with Gasteiger partial charge in [-0.3, -0.25) is 14.5 Å². The maximum atomic E-state index is 13.5. The molecule has 0 aromatic rings. The lowest BCUT2D eigenvalue weighted by molar-refractivity contribution is -0.132. The summed E-state index contributed by atoms with van der Waals surface area (Å²) in [7, 11) is 0. The molecule has 44 heavy (non-hydrogen) atoms. The molecule has 6 nitrogen and oxygen atoms in total. The van der Waals surface area contributed by atoms with Gasteiger partial charge in [0.25, 0.3) is 0 Å². The van der Waals surface area contributed by atoms with Crippen LogP contribution >= 0.6 is 0 Å². The summed E-state index contributed by atoms with van der Waals surface area (Å²) in [6.45, 7) is 16.9. The molecule has 0 aromatic heterocycles. The summed E-state index contributed by atoms with van der Waals surface area (Å²) in [5.41, 5.74) is 0. The van der Waals surface area contributed by atoms with Gasteiger partial charge in [-0.2, -0.15) is 0 Å². The maximum Gasteiger partial charge on any atom is 0.236 e. The second-order valence-electron chi connectivity index (χ2n) is 13.3. The molecule has 0 rings (SSSR count). The molecule has 0 atom stereocenters. The van der Waals surface area contributed by atoms with Gasteiger partial charge in [-0.15, -0.1) is 0 Å². The van der Waals surface area contributed by atoms with Crippen molar-refractivity contribution in [3.63, 3.8) is 0 Å². The van der Waals surface area contributed by atoms with E-state index in [-0.39, 0.29) is 5.91 Å². The van der Waals surface area contributed by atoms with Crippen LogP contribution in [0.25, 0.3) is 0 Å². The Hall–Kier alpha value is -1.14. The normalized spacial score (nSPS) is 11.5. The fourth-order valence-corrected chi connectivity index (χ4v) is 6.03. The lowest BCUT2D eigenvalue weighted by atomic mass is 10.1. The van der Waals surface area contributed by atoms with Crippen LogP contribution in [0.3, 0.4) is 0 Å². The minimum Gasteiger partial charge on any atom is -0.357 e. The van der Waals surface area contributed by atoms with Gasteiger partial charge in [0.2, 0.25) is 12.3 Å². The van der Waals surface area contributed by atoms with Crippen LogP contribution in [0.2, 0.25) is 0 Å². The lowest BCUT2D eigenvalue weighted by Gasteiger charge is -2.30. The van der Waals surface area contributed by atoms with Gasteiger partial charge in [0.05, 0.1) is 6.54 Å². The largest absolute Gasteiger partial charge is 0.357 e. The summed E-state index contributed by atoms with van der Waals surface area (Å²) in [5, 5.41) is 2.75. The van der Waals surface area contributed by atoms with Gasteiger partial charge in [0, 0.05) is 32.7 Å². The first-order valence-corrected chi connectivity index (χ1v) is 19.5. The Morgan fingerprint density at radius 3 is 1.27 bits per heavy atom. The van der Waals surface area contributed by atoms with Crippen LogP contribution < -0.4 is 5.32 Å². The highest BCUT2D eigenvalue weighted by molar-refractivity contribution is 5.78. The molecule has 0 aliphatic heterocycles. The fraction of sp³-hybridized carbons (Fsp3) is 0.947. The number of nitrogens with zero attached hydrogens (tertiary/aromatic N) is 3. The quantitative estimate of drug-likeness (QED) is 0.0559. The van der Waals surface area contributed by atoms with E-state index >= 15 is 0 Å². The first-order chi connectivity index (χ1) is 21.6. The number of rotatable bonds is 36. The molecule has 0 saturated heterocycles. The highest BCUT2D eigenvalue weighted by Crippen LogP contribution is 2.12. The summed E-state index contributed by atoms with van der Waals surface area (Å²) < 4.78 is 0. The van der Waals surface area contributed by atoms with E-state index in [1.54, 1.807) is 0 Å². The molecule has 0 spiro atoms. The molecule has 0 aliphatic carbocycles. The maximum absolute atomic E-state index is 13.5. The van der Waals surface area contributed by atoms with Crippen molar-refractivity contribution >= 4 is 12.3 Å². The van der Waals surface area contributed by atoms with Gasteiger partial charge in [0.15, 0.2) is 0 Å². The molecule has 2 amide bonds. The standard InChI is InChI=1S/C38H78N4O2/c1-5-9-13-16-19-22-25-29-40(30-26-23-20-17-14-10-6-2)34-35-41(31-27-24-21-18-15-11-7-3)36-38(44)42(32-12-8-4)33-28-39-37-43/h37H,5-36H2,1-4H3,(H,39,43). The second kappa shape index (κ2) is 34.7. The molecule has 6 heteroatoms. The number of nitrogens with one attached hydrogen (secondary N) is 1. The zero-order chi connectivity index (χ0) is 32.4. The van der Waals surface area contributed by atoms with Crippen molar-refractivity contribution in [3.8, 4) is 0 Å². The number of hydrogen-bond acceptors (Lipinski definition) is 4. The third-order valence-electron chi connectivity index (χ3n) is 9.07. The Morgan fingerprint density at radius 1 is 0.455 bits per heavy atom. The Bertz CT molecular complexity index is 585. The van der Waals surface area contributed by atoms with Crippen molar-refractivity contribution in [2.45, 2.75) is 175 Å². The van der Waals surface area contributed by atoms with E-state index < -0.39 is 0 Å². The van der Waals surface area contributed by atoms with Gasteiger partial charge in [-0.25, -0.2) is 0 Å². The molecule has 0 radical (unpaired) electrons. The first-order valence-electron chi connectivity index (χ1n) is 19.5. The molecule has 0 aromatic carbocycles. The van der Waals surface area contributed by atoms with Crippen LogP contribution in [0.4, 0.5) is 0 Å². The average molecular weight is 623 g/mol. The topological polar surface area (TPSA) is 55.9 Å². The highest BCUT2D eigenvalue weighted by atomic mass is 16.2. The number of carbonyl (C=O) groups is 2. The number of amides is 2. The van der Waals surface area contributed by atoms with Crippen LogP contribution in [0, 0.1) is 0 Å². The minimum atomic E-state index is 0.222. The molecule has 0 unspecified atom stereocenters. The third kappa shape index (κ3) is 28.3. The zero-order valence-electron chi connectivity index (χ0n) is 30.4. The molecule has 0 fully saturated rings. The zero-order valence-corrected chi connectivity index (χ0v) is 30.4. The van der Waals surface area contributed by atoms with Crippen LogP contribution in [0.15, 0.2) is 0 Å². The van der Waals surface area contributed by atoms with E-state index in [9.17, 15) is 9.59 Å². The summed E-state index contributed by atoms with van der Waals surface area (Å²) >= 11 is 0. The van der Waals surface area contributed by atoms with Gasteiger partial charge in [-0.05, 0) is 45.3 Å². The number of carbonyl (C=O) groups excluding carboxylic acids is 2. The number of hydrogen-bond donors (Lipinski definition) is 1. The first kappa shape index (κ1) is 42.9.